The summed E-state index contributed by atoms with van der Waals surface area (Å²) in [5, 5.41) is 6.82. The minimum atomic E-state index is -3.18. The van der Waals surface area contributed by atoms with Crippen LogP contribution in [0.5, 0.6) is 5.75 Å². The first-order valence-corrected chi connectivity index (χ1v) is 10.5. The molecule has 1 saturated heterocycles. The van der Waals surface area contributed by atoms with Gasteiger partial charge in [0, 0.05) is 31.7 Å². The Bertz CT molecular complexity index is 944. The number of piperazine rings is 1. The number of ether oxygens (including phenoxy) is 1. The van der Waals surface area contributed by atoms with Gasteiger partial charge < -0.3 is 9.64 Å². The maximum absolute atomic E-state index is 12.8. The van der Waals surface area contributed by atoms with Gasteiger partial charge in [-0.3, -0.25) is 9.89 Å². The summed E-state index contributed by atoms with van der Waals surface area (Å²) in [7, 11) is -1.59. The average Bonchev–Trinajstić information content (AvgIpc) is 3.46. The van der Waals surface area contributed by atoms with Crippen LogP contribution < -0.4 is 4.74 Å². The molecule has 1 aliphatic heterocycles. The second kappa shape index (κ2) is 6.97. The predicted octanol–water partition coefficient (Wildman–Crippen LogP) is 1.34. The molecule has 0 spiro atoms. The van der Waals surface area contributed by atoms with Crippen molar-refractivity contribution in [1.82, 2.24) is 19.4 Å². The molecule has 0 radical (unpaired) electrons. The van der Waals surface area contributed by atoms with Gasteiger partial charge in [0.05, 0.1) is 18.1 Å². The highest BCUT2D eigenvalue weighted by Gasteiger charge is 2.41. The Morgan fingerprint density at radius 3 is 2.56 bits per heavy atom. The van der Waals surface area contributed by atoms with Gasteiger partial charge in [-0.1, -0.05) is 12.1 Å². The Kier molecular flexibility index (Phi) is 4.65. The molecule has 8 nitrogen and oxygen atoms in total. The Labute approximate surface area is 158 Å². The summed E-state index contributed by atoms with van der Waals surface area (Å²) >= 11 is 0. The fraction of sp³-hybridized carbons (Fsp3) is 0.444. The number of carbonyl (C=O) groups is 1. The predicted molar refractivity (Wildman–Crippen MR) is 100.0 cm³/mol. The SMILES string of the molecule is COc1ccccc1-c1cc(C(=O)N2CCN(S(=O)(=O)C3CC3)CC2)[nH]n1. The molecule has 2 aromatic rings. The fourth-order valence-corrected chi connectivity index (χ4v) is 5.14. The molecule has 0 unspecified atom stereocenters. The lowest BCUT2D eigenvalue weighted by molar-refractivity contribution is 0.0692. The van der Waals surface area contributed by atoms with E-state index in [1.165, 1.54) is 4.31 Å². The van der Waals surface area contributed by atoms with Gasteiger partial charge in [-0.05, 0) is 31.0 Å². The molecule has 2 aliphatic rings. The van der Waals surface area contributed by atoms with E-state index in [9.17, 15) is 13.2 Å². The number of para-hydroxylation sites is 1. The number of sulfonamides is 1. The van der Waals surface area contributed by atoms with E-state index >= 15 is 0 Å². The highest BCUT2D eigenvalue weighted by atomic mass is 32.2. The number of H-pyrrole nitrogens is 1. The number of aromatic nitrogens is 2. The van der Waals surface area contributed by atoms with Gasteiger partial charge in [0.2, 0.25) is 10.0 Å². The number of hydrogen-bond donors (Lipinski definition) is 1. The summed E-state index contributed by atoms with van der Waals surface area (Å²) in [6.45, 7) is 1.46. The third kappa shape index (κ3) is 3.44. The van der Waals surface area contributed by atoms with E-state index in [4.69, 9.17) is 4.74 Å². The fourth-order valence-electron chi connectivity index (χ4n) is 3.32. The first-order valence-electron chi connectivity index (χ1n) is 8.98. The first kappa shape index (κ1) is 18.0. The Morgan fingerprint density at radius 1 is 1.19 bits per heavy atom. The summed E-state index contributed by atoms with van der Waals surface area (Å²) in [5.74, 6) is 0.508. The second-order valence-electron chi connectivity index (χ2n) is 6.80. The highest BCUT2D eigenvalue weighted by Crippen LogP contribution is 2.32. The molecule has 27 heavy (non-hydrogen) atoms. The average molecular weight is 390 g/mol. The van der Waals surface area contributed by atoms with E-state index < -0.39 is 10.0 Å². The molecule has 9 heteroatoms. The molecule has 1 aromatic carbocycles. The van der Waals surface area contributed by atoms with Crippen LogP contribution in [0.4, 0.5) is 0 Å². The van der Waals surface area contributed by atoms with Crippen molar-refractivity contribution >= 4 is 15.9 Å². The molecule has 1 aliphatic carbocycles. The topological polar surface area (TPSA) is 95.6 Å². The number of rotatable bonds is 5. The Balaban J connectivity index is 1.44. The van der Waals surface area contributed by atoms with Crippen molar-refractivity contribution in [1.29, 1.82) is 0 Å². The number of nitrogens with zero attached hydrogens (tertiary/aromatic N) is 3. The number of carbonyl (C=O) groups excluding carboxylic acids is 1. The van der Waals surface area contributed by atoms with Crippen LogP contribution >= 0.6 is 0 Å². The molecule has 4 rings (SSSR count). The monoisotopic (exact) mass is 390 g/mol. The summed E-state index contributed by atoms with van der Waals surface area (Å²) in [4.78, 5) is 14.4. The van der Waals surface area contributed by atoms with Crippen LogP contribution in [0.25, 0.3) is 11.3 Å². The molecule has 0 atom stereocenters. The maximum atomic E-state index is 12.8. The van der Waals surface area contributed by atoms with Gasteiger partial charge in [0.25, 0.3) is 5.91 Å². The zero-order chi connectivity index (χ0) is 19.0. The number of amides is 1. The quantitative estimate of drug-likeness (QED) is 0.831. The van der Waals surface area contributed by atoms with Gasteiger partial charge in [-0.2, -0.15) is 9.40 Å². The number of methoxy groups -OCH3 is 1. The van der Waals surface area contributed by atoms with E-state index in [1.807, 2.05) is 24.3 Å². The third-order valence-electron chi connectivity index (χ3n) is 5.02. The van der Waals surface area contributed by atoms with Crippen LogP contribution in [0.3, 0.4) is 0 Å². The Hall–Kier alpha value is -2.39. The van der Waals surface area contributed by atoms with Gasteiger partial charge >= 0.3 is 0 Å². The number of nitrogens with one attached hydrogen (secondary N) is 1. The normalized spacial score (nSPS) is 18.5. The molecule has 0 bridgehead atoms. The zero-order valence-corrected chi connectivity index (χ0v) is 15.9. The summed E-state index contributed by atoms with van der Waals surface area (Å²) in [6, 6.07) is 9.17. The van der Waals surface area contributed by atoms with Crippen LogP contribution in [0, 0.1) is 0 Å². The number of aromatic amines is 1. The van der Waals surface area contributed by atoms with Gasteiger partial charge in [-0.25, -0.2) is 8.42 Å². The molecule has 144 valence electrons. The Morgan fingerprint density at radius 2 is 1.89 bits per heavy atom. The van der Waals surface area contributed by atoms with Crippen LogP contribution in [0.1, 0.15) is 23.3 Å². The van der Waals surface area contributed by atoms with Crippen LogP contribution in [0.2, 0.25) is 0 Å². The van der Waals surface area contributed by atoms with Crippen molar-refractivity contribution < 1.29 is 17.9 Å². The minimum Gasteiger partial charge on any atom is -0.496 e. The van der Waals surface area contributed by atoms with Crippen molar-refractivity contribution in [2.45, 2.75) is 18.1 Å². The molecule has 1 amide bonds. The second-order valence-corrected chi connectivity index (χ2v) is 9.02. The van der Waals surface area contributed by atoms with Crippen LogP contribution in [-0.2, 0) is 10.0 Å². The standard InChI is InChI=1S/C18H22N4O4S/c1-26-17-5-3-2-4-14(17)15-12-16(20-19-15)18(23)21-8-10-22(11-9-21)27(24,25)13-6-7-13/h2-5,12-13H,6-11H2,1H3,(H,19,20). The van der Waals surface area contributed by atoms with Gasteiger partial charge in [-0.15, -0.1) is 0 Å². The van der Waals surface area contributed by atoms with Crippen molar-refractivity contribution in [3.8, 4) is 17.0 Å². The van der Waals surface area contributed by atoms with E-state index in [2.05, 4.69) is 10.2 Å². The van der Waals surface area contributed by atoms with Crippen molar-refractivity contribution in [3.05, 3.63) is 36.0 Å². The summed E-state index contributed by atoms with van der Waals surface area (Å²) in [5.41, 5.74) is 1.82. The first-order chi connectivity index (χ1) is 13.0. The van der Waals surface area contributed by atoms with Crippen molar-refractivity contribution in [2.75, 3.05) is 33.3 Å². The number of benzene rings is 1. The summed E-state index contributed by atoms with van der Waals surface area (Å²) in [6.07, 6.45) is 1.50. The zero-order valence-electron chi connectivity index (χ0n) is 15.1. The minimum absolute atomic E-state index is 0.174. The smallest absolute Gasteiger partial charge is 0.271 e. The van der Waals surface area contributed by atoms with E-state index in [-0.39, 0.29) is 11.2 Å². The van der Waals surface area contributed by atoms with Crippen LogP contribution in [-0.4, -0.2) is 72.3 Å². The van der Waals surface area contributed by atoms with Crippen LogP contribution in [0.15, 0.2) is 30.3 Å². The molecule has 2 heterocycles. The summed E-state index contributed by atoms with van der Waals surface area (Å²) < 4.78 is 31.5. The lowest BCUT2D eigenvalue weighted by Gasteiger charge is -2.33. The molecule has 2 fully saturated rings. The van der Waals surface area contributed by atoms with Crippen molar-refractivity contribution in [3.63, 3.8) is 0 Å². The molecule has 1 N–H and O–H groups in total. The van der Waals surface area contributed by atoms with Gasteiger partial charge in [0.15, 0.2) is 0 Å². The lowest BCUT2D eigenvalue weighted by Crippen LogP contribution is -2.51. The van der Waals surface area contributed by atoms with Crippen molar-refractivity contribution in [2.24, 2.45) is 0 Å². The molecular formula is C18H22N4O4S. The highest BCUT2D eigenvalue weighted by molar-refractivity contribution is 7.90. The lowest BCUT2D eigenvalue weighted by atomic mass is 10.1. The van der Waals surface area contributed by atoms with Gasteiger partial charge in [0.1, 0.15) is 11.4 Å². The number of hydrogen-bond acceptors (Lipinski definition) is 5. The van der Waals surface area contributed by atoms with E-state index in [0.717, 1.165) is 18.4 Å². The third-order valence-corrected chi connectivity index (χ3v) is 7.42. The molecule has 1 saturated carbocycles. The van der Waals surface area contributed by atoms with E-state index in [1.54, 1.807) is 18.1 Å². The maximum Gasteiger partial charge on any atom is 0.271 e. The molecule has 1 aromatic heterocycles. The van der Waals surface area contributed by atoms with E-state index in [0.29, 0.717) is 43.3 Å². The largest absolute Gasteiger partial charge is 0.496 e. The molecular weight excluding hydrogens is 368 g/mol.